The first-order valence-electron chi connectivity index (χ1n) is 4.74. The molecule has 0 fully saturated rings. The molecule has 0 saturated heterocycles. The number of rotatable bonds is 0. The van der Waals surface area contributed by atoms with Crippen LogP contribution in [0.25, 0.3) is 0 Å². The Bertz CT molecular complexity index is 389. The number of anilines is 1. The second-order valence-corrected chi connectivity index (χ2v) is 3.45. The fourth-order valence-corrected chi connectivity index (χ4v) is 1.94. The fourth-order valence-electron chi connectivity index (χ4n) is 1.94. The van der Waals surface area contributed by atoms with Crippen molar-refractivity contribution in [2.45, 2.75) is 6.42 Å². The molecule has 0 bridgehead atoms. The van der Waals surface area contributed by atoms with Crippen molar-refractivity contribution in [3.8, 4) is 17.2 Å². The molecule has 2 heterocycles. The number of ether oxygens (including phenoxy) is 2. The summed E-state index contributed by atoms with van der Waals surface area (Å²) < 4.78 is 10.8. The standard InChI is InChI=1S/C10H11NO3/c12-9-6-1-2-11-7(6)5-8-10(9)14-4-3-13-8/h5,11-12H,1-4H2. The van der Waals surface area contributed by atoms with E-state index in [0.29, 0.717) is 24.7 Å². The number of phenols is 1. The Morgan fingerprint density at radius 1 is 1.29 bits per heavy atom. The maximum Gasteiger partial charge on any atom is 0.203 e. The van der Waals surface area contributed by atoms with E-state index in [1.54, 1.807) is 0 Å². The van der Waals surface area contributed by atoms with Gasteiger partial charge < -0.3 is 19.9 Å². The maximum atomic E-state index is 9.91. The van der Waals surface area contributed by atoms with Crippen LogP contribution in [0.15, 0.2) is 6.07 Å². The fraction of sp³-hybridized carbons (Fsp3) is 0.400. The zero-order chi connectivity index (χ0) is 9.54. The number of benzene rings is 1. The summed E-state index contributed by atoms with van der Waals surface area (Å²) in [6, 6.07) is 1.90. The molecule has 14 heavy (non-hydrogen) atoms. The van der Waals surface area contributed by atoms with E-state index in [4.69, 9.17) is 9.47 Å². The van der Waals surface area contributed by atoms with Crippen molar-refractivity contribution in [3.63, 3.8) is 0 Å². The van der Waals surface area contributed by atoms with Gasteiger partial charge >= 0.3 is 0 Å². The number of fused-ring (bicyclic) bond motifs is 2. The van der Waals surface area contributed by atoms with Gasteiger partial charge in [0, 0.05) is 23.9 Å². The largest absolute Gasteiger partial charge is 0.504 e. The minimum absolute atomic E-state index is 0.238. The third kappa shape index (κ3) is 0.937. The number of phenolic OH excluding ortho intramolecular Hbond substituents is 1. The number of hydrogen-bond donors (Lipinski definition) is 2. The molecule has 0 atom stereocenters. The van der Waals surface area contributed by atoms with E-state index >= 15 is 0 Å². The van der Waals surface area contributed by atoms with Gasteiger partial charge in [0.15, 0.2) is 11.5 Å². The monoisotopic (exact) mass is 193 g/mol. The summed E-state index contributed by atoms with van der Waals surface area (Å²) in [5.74, 6) is 1.38. The Hall–Kier alpha value is -1.58. The zero-order valence-corrected chi connectivity index (χ0v) is 7.67. The smallest absolute Gasteiger partial charge is 0.203 e. The van der Waals surface area contributed by atoms with Gasteiger partial charge in [-0.2, -0.15) is 0 Å². The highest BCUT2D eigenvalue weighted by Gasteiger charge is 2.24. The summed E-state index contributed by atoms with van der Waals surface area (Å²) in [5, 5.41) is 13.1. The number of hydrogen-bond acceptors (Lipinski definition) is 4. The molecule has 0 aliphatic carbocycles. The lowest BCUT2D eigenvalue weighted by atomic mass is 10.1. The second-order valence-electron chi connectivity index (χ2n) is 3.45. The van der Waals surface area contributed by atoms with Crippen LogP contribution in [-0.2, 0) is 6.42 Å². The molecule has 4 nitrogen and oxygen atoms in total. The first kappa shape index (κ1) is 7.79. The highest BCUT2D eigenvalue weighted by Crippen LogP contribution is 2.46. The van der Waals surface area contributed by atoms with E-state index in [1.807, 2.05) is 6.07 Å². The van der Waals surface area contributed by atoms with Crippen LogP contribution in [0, 0.1) is 0 Å². The molecular weight excluding hydrogens is 182 g/mol. The third-order valence-corrected chi connectivity index (χ3v) is 2.60. The second kappa shape index (κ2) is 2.70. The van der Waals surface area contributed by atoms with Crippen molar-refractivity contribution in [2.24, 2.45) is 0 Å². The minimum atomic E-state index is 0.238. The van der Waals surface area contributed by atoms with Crippen LogP contribution in [0.2, 0.25) is 0 Å². The summed E-state index contributed by atoms with van der Waals surface area (Å²) in [6.45, 7) is 1.92. The van der Waals surface area contributed by atoms with E-state index in [-0.39, 0.29) is 5.75 Å². The Morgan fingerprint density at radius 3 is 3.07 bits per heavy atom. The lowest BCUT2D eigenvalue weighted by molar-refractivity contribution is 0.165. The normalized spacial score (nSPS) is 17.4. The molecule has 1 aromatic carbocycles. The van der Waals surface area contributed by atoms with Gasteiger partial charge in [-0.05, 0) is 6.42 Å². The molecule has 74 valence electrons. The lowest BCUT2D eigenvalue weighted by Gasteiger charge is -2.20. The summed E-state index contributed by atoms with van der Waals surface area (Å²) in [7, 11) is 0. The lowest BCUT2D eigenvalue weighted by Crippen LogP contribution is -2.15. The van der Waals surface area contributed by atoms with Crippen molar-refractivity contribution >= 4 is 5.69 Å². The first-order valence-corrected chi connectivity index (χ1v) is 4.74. The van der Waals surface area contributed by atoms with Gasteiger partial charge in [0.05, 0.1) is 0 Å². The molecule has 0 aromatic heterocycles. The Kier molecular flexibility index (Phi) is 1.50. The van der Waals surface area contributed by atoms with Crippen LogP contribution < -0.4 is 14.8 Å². The molecule has 2 aliphatic rings. The van der Waals surface area contributed by atoms with Crippen LogP contribution in [0.1, 0.15) is 5.56 Å². The molecule has 4 heteroatoms. The Labute approximate surface area is 81.5 Å². The van der Waals surface area contributed by atoms with Crippen molar-refractivity contribution in [1.29, 1.82) is 0 Å². The predicted molar refractivity (Wildman–Crippen MR) is 51.3 cm³/mol. The van der Waals surface area contributed by atoms with E-state index < -0.39 is 0 Å². The molecule has 2 N–H and O–H groups in total. The van der Waals surface area contributed by atoms with Crippen LogP contribution in [0.5, 0.6) is 17.2 Å². The molecule has 0 unspecified atom stereocenters. The molecule has 0 amide bonds. The maximum absolute atomic E-state index is 9.91. The van der Waals surface area contributed by atoms with Gasteiger partial charge in [0.25, 0.3) is 0 Å². The molecule has 1 aromatic rings. The summed E-state index contributed by atoms with van der Waals surface area (Å²) >= 11 is 0. The average Bonchev–Trinajstić information content (AvgIpc) is 2.66. The van der Waals surface area contributed by atoms with Crippen LogP contribution in [0.4, 0.5) is 5.69 Å². The van der Waals surface area contributed by atoms with E-state index in [1.165, 1.54) is 0 Å². The van der Waals surface area contributed by atoms with E-state index in [2.05, 4.69) is 5.32 Å². The third-order valence-electron chi connectivity index (χ3n) is 2.60. The molecule has 0 saturated carbocycles. The van der Waals surface area contributed by atoms with Crippen LogP contribution >= 0.6 is 0 Å². The van der Waals surface area contributed by atoms with Crippen molar-refractivity contribution < 1.29 is 14.6 Å². The van der Waals surface area contributed by atoms with Crippen LogP contribution in [0.3, 0.4) is 0 Å². The average molecular weight is 193 g/mol. The van der Waals surface area contributed by atoms with Gasteiger partial charge in [0.1, 0.15) is 13.2 Å². The van der Waals surface area contributed by atoms with Crippen molar-refractivity contribution in [1.82, 2.24) is 0 Å². The summed E-state index contributed by atoms with van der Waals surface area (Å²) in [5.41, 5.74) is 1.90. The number of nitrogens with one attached hydrogen (secondary N) is 1. The molecule has 2 aliphatic heterocycles. The quantitative estimate of drug-likeness (QED) is 0.648. The van der Waals surface area contributed by atoms with Gasteiger partial charge in [-0.3, -0.25) is 0 Å². The van der Waals surface area contributed by atoms with Gasteiger partial charge in [-0.25, -0.2) is 0 Å². The van der Waals surface area contributed by atoms with Crippen molar-refractivity contribution in [2.75, 3.05) is 25.1 Å². The minimum Gasteiger partial charge on any atom is -0.504 e. The predicted octanol–water partition coefficient (Wildman–Crippen LogP) is 1.13. The van der Waals surface area contributed by atoms with Gasteiger partial charge in [-0.1, -0.05) is 0 Å². The highest BCUT2D eigenvalue weighted by atomic mass is 16.6. The summed E-state index contributed by atoms with van der Waals surface area (Å²) in [4.78, 5) is 0. The number of aromatic hydroxyl groups is 1. The SMILES string of the molecule is Oc1c2c(cc3c1OCCO3)NCC2. The van der Waals surface area contributed by atoms with Crippen molar-refractivity contribution in [3.05, 3.63) is 11.6 Å². The molecule has 3 rings (SSSR count). The van der Waals surface area contributed by atoms with Gasteiger partial charge in [0.2, 0.25) is 5.75 Å². The summed E-state index contributed by atoms with van der Waals surface area (Å²) in [6.07, 6.45) is 0.845. The van der Waals surface area contributed by atoms with Gasteiger partial charge in [-0.15, -0.1) is 0 Å². The Morgan fingerprint density at radius 2 is 2.14 bits per heavy atom. The van der Waals surface area contributed by atoms with Crippen LogP contribution in [-0.4, -0.2) is 24.9 Å². The highest BCUT2D eigenvalue weighted by molar-refractivity contribution is 5.70. The van der Waals surface area contributed by atoms with E-state index in [0.717, 1.165) is 24.2 Å². The first-order chi connectivity index (χ1) is 6.86. The Balaban J connectivity index is 2.20. The topological polar surface area (TPSA) is 50.7 Å². The zero-order valence-electron chi connectivity index (χ0n) is 7.67. The molecule has 0 radical (unpaired) electrons. The molecular formula is C10H11NO3. The van der Waals surface area contributed by atoms with E-state index in [9.17, 15) is 5.11 Å². The molecule has 0 spiro atoms.